The van der Waals surface area contributed by atoms with E-state index in [-0.39, 0.29) is 0 Å². The molecule has 1 N–H and O–H groups in total. The van der Waals surface area contributed by atoms with Crippen molar-refractivity contribution in [1.29, 1.82) is 0 Å². The molecule has 2 aliphatic heterocycles. The minimum atomic E-state index is 0.457. The van der Waals surface area contributed by atoms with E-state index in [1.807, 2.05) is 0 Å². The van der Waals surface area contributed by atoms with Crippen molar-refractivity contribution in [3.63, 3.8) is 0 Å². The molecule has 0 bridgehead atoms. The highest BCUT2D eigenvalue weighted by Gasteiger charge is 2.27. The van der Waals surface area contributed by atoms with Gasteiger partial charge < -0.3 is 10.1 Å². The monoisotopic (exact) mass is 198 g/mol. The second-order valence-corrected chi connectivity index (χ2v) is 4.71. The van der Waals surface area contributed by atoms with Crippen molar-refractivity contribution >= 4 is 0 Å². The van der Waals surface area contributed by atoms with Gasteiger partial charge in [-0.3, -0.25) is 4.90 Å². The number of hydrogen-bond acceptors (Lipinski definition) is 3. The zero-order valence-corrected chi connectivity index (χ0v) is 9.33. The summed E-state index contributed by atoms with van der Waals surface area (Å²) in [4.78, 5) is 2.64. The van der Waals surface area contributed by atoms with Crippen LogP contribution in [0.2, 0.25) is 0 Å². The zero-order chi connectivity index (χ0) is 9.97. The molecule has 2 aliphatic rings. The van der Waals surface area contributed by atoms with Crippen LogP contribution in [0.3, 0.4) is 0 Å². The molecule has 0 aliphatic carbocycles. The van der Waals surface area contributed by atoms with Crippen LogP contribution in [0, 0.1) is 0 Å². The van der Waals surface area contributed by atoms with Crippen molar-refractivity contribution in [2.24, 2.45) is 0 Å². The van der Waals surface area contributed by atoms with Gasteiger partial charge >= 0.3 is 0 Å². The van der Waals surface area contributed by atoms with Crippen LogP contribution in [0.4, 0.5) is 0 Å². The quantitative estimate of drug-likeness (QED) is 0.676. The first-order valence-corrected chi connectivity index (χ1v) is 5.84. The van der Waals surface area contributed by atoms with Crippen molar-refractivity contribution in [2.45, 2.75) is 44.9 Å². The molecule has 1 unspecified atom stereocenters. The smallest absolute Gasteiger partial charge is 0.0561 e. The van der Waals surface area contributed by atoms with Crippen LogP contribution in [0.1, 0.15) is 26.7 Å². The molecule has 14 heavy (non-hydrogen) atoms. The molecule has 2 saturated heterocycles. The highest BCUT2D eigenvalue weighted by atomic mass is 16.5. The Hall–Kier alpha value is -0.120. The Balaban J connectivity index is 1.86. The fourth-order valence-electron chi connectivity index (χ4n) is 2.60. The van der Waals surface area contributed by atoms with E-state index in [9.17, 15) is 0 Å². The fraction of sp³-hybridized carbons (Fsp3) is 1.00. The first kappa shape index (κ1) is 10.4. The molecule has 0 radical (unpaired) electrons. The Morgan fingerprint density at radius 2 is 2.21 bits per heavy atom. The number of nitrogens with one attached hydrogen (secondary N) is 1. The largest absolute Gasteiger partial charge is 0.378 e. The first-order valence-electron chi connectivity index (χ1n) is 5.84. The lowest BCUT2D eigenvalue weighted by molar-refractivity contribution is -0.0227. The summed E-state index contributed by atoms with van der Waals surface area (Å²) in [6.45, 7) is 8.98. The minimum absolute atomic E-state index is 0.457. The molecule has 0 aromatic carbocycles. The van der Waals surface area contributed by atoms with Crippen LogP contribution in [0.15, 0.2) is 0 Å². The van der Waals surface area contributed by atoms with E-state index in [0.717, 1.165) is 19.2 Å². The highest BCUT2D eigenvalue weighted by molar-refractivity contribution is 4.83. The lowest BCUT2D eigenvalue weighted by Gasteiger charge is -2.41. The SMILES string of the molecule is C[C@@H]1CN(C2CCO[C@@H](C)C2)CCN1. The Labute approximate surface area is 86.8 Å². The predicted molar refractivity (Wildman–Crippen MR) is 57.5 cm³/mol. The van der Waals surface area contributed by atoms with Crippen molar-refractivity contribution in [2.75, 3.05) is 26.2 Å². The highest BCUT2D eigenvalue weighted by Crippen LogP contribution is 2.19. The molecule has 0 aromatic heterocycles. The van der Waals surface area contributed by atoms with E-state index in [1.165, 1.54) is 25.9 Å². The third-order valence-corrected chi connectivity index (χ3v) is 3.37. The fourth-order valence-corrected chi connectivity index (χ4v) is 2.60. The Bertz CT molecular complexity index is 166. The van der Waals surface area contributed by atoms with E-state index in [0.29, 0.717) is 12.1 Å². The molecular formula is C11H22N2O. The minimum Gasteiger partial charge on any atom is -0.378 e. The van der Waals surface area contributed by atoms with Gasteiger partial charge in [0.25, 0.3) is 0 Å². The maximum atomic E-state index is 5.58. The lowest BCUT2D eigenvalue weighted by Crippen LogP contribution is -2.54. The molecule has 0 spiro atoms. The van der Waals surface area contributed by atoms with Gasteiger partial charge in [0.2, 0.25) is 0 Å². The molecule has 2 rings (SSSR count). The normalized spacial score (nSPS) is 41.1. The zero-order valence-electron chi connectivity index (χ0n) is 9.33. The summed E-state index contributed by atoms with van der Waals surface area (Å²) in [7, 11) is 0. The van der Waals surface area contributed by atoms with Crippen LogP contribution < -0.4 is 5.32 Å². The van der Waals surface area contributed by atoms with Crippen LogP contribution in [-0.2, 0) is 4.74 Å². The molecule has 3 atom stereocenters. The van der Waals surface area contributed by atoms with Gasteiger partial charge in [-0.2, -0.15) is 0 Å². The lowest BCUT2D eigenvalue weighted by atomic mass is 10.0. The summed E-state index contributed by atoms with van der Waals surface area (Å²) in [6.07, 6.45) is 2.89. The molecule has 0 aromatic rings. The van der Waals surface area contributed by atoms with Gasteiger partial charge in [-0.25, -0.2) is 0 Å². The number of ether oxygens (including phenoxy) is 1. The summed E-state index contributed by atoms with van der Waals surface area (Å²) in [5.41, 5.74) is 0. The number of piperazine rings is 1. The van der Waals surface area contributed by atoms with Gasteiger partial charge in [0.1, 0.15) is 0 Å². The van der Waals surface area contributed by atoms with Crippen LogP contribution in [0.5, 0.6) is 0 Å². The number of rotatable bonds is 1. The van der Waals surface area contributed by atoms with Crippen LogP contribution >= 0.6 is 0 Å². The van der Waals surface area contributed by atoms with Gasteiger partial charge in [-0.1, -0.05) is 0 Å². The average Bonchev–Trinajstić information content (AvgIpc) is 2.18. The van der Waals surface area contributed by atoms with Crippen molar-refractivity contribution in [3.8, 4) is 0 Å². The average molecular weight is 198 g/mol. The van der Waals surface area contributed by atoms with Crippen LogP contribution in [-0.4, -0.2) is 49.3 Å². The summed E-state index contributed by atoms with van der Waals surface area (Å²) in [5, 5.41) is 3.49. The molecule has 3 nitrogen and oxygen atoms in total. The summed E-state index contributed by atoms with van der Waals surface area (Å²) >= 11 is 0. The maximum absolute atomic E-state index is 5.58. The van der Waals surface area contributed by atoms with Gasteiger partial charge in [0, 0.05) is 38.3 Å². The molecule has 3 heteroatoms. The summed E-state index contributed by atoms with van der Waals surface area (Å²) in [5.74, 6) is 0. The van der Waals surface area contributed by atoms with Gasteiger partial charge in [0.05, 0.1) is 6.10 Å². The van der Waals surface area contributed by atoms with E-state index >= 15 is 0 Å². The first-order chi connectivity index (χ1) is 6.75. The van der Waals surface area contributed by atoms with E-state index < -0.39 is 0 Å². The van der Waals surface area contributed by atoms with Crippen molar-refractivity contribution in [3.05, 3.63) is 0 Å². The van der Waals surface area contributed by atoms with Crippen molar-refractivity contribution in [1.82, 2.24) is 10.2 Å². The summed E-state index contributed by atoms with van der Waals surface area (Å²) < 4.78 is 5.58. The van der Waals surface area contributed by atoms with E-state index in [4.69, 9.17) is 4.74 Å². The summed E-state index contributed by atoms with van der Waals surface area (Å²) in [6, 6.07) is 1.42. The van der Waals surface area contributed by atoms with Gasteiger partial charge in [-0.15, -0.1) is 0 Å². The molecule has 2 fully saturated rings. The van der Waals surface area contributed by atoms with E-state index in [1.54, 1.807) is 0 Å². The Kier molecular flexibility index (Phi) is 3.42. The molecule has 2 heterocycles. The maximum Gasteiger partial charge on any atom is 0.0561 e. The third kappa shape index (κ3) is 2.47. The van der Waals surface area contributed by atoms with Crippen LogP contribution in [0.25, 0.3) is 0 Å². The predicted octanol–water partition coefficient (Wildman–Crippen LogP) is 0.848. The second-order valence-electron chi connectivity index (χ2n) is 4.71. The third-order valence-electron chi connectivity index (χ3n) is 3.37. The Morgan fingerprint density at radius 3 is 2.93 bits per heavy atom. The van der Waals surface area contributed by atoms with E-state index in [2.05, 4.69) is 24.1 Å². The number of nitrogens with zero attached hydrogens (tertiary/aromatic N) is 1. The second kappa shape index (κ2) is 4.60. The molecule has 0 saturated carbocycles. The molecular weight excluding hydrogens is 176 g/mol. The van der Waals surface area contributed by atoms with Crippen molar-refractivity contribution < 1.29 is 4.74 Å². The molecule has 82 valence electrons. The van der Waals surface area contributed by atoms with Gasteiger partial charge in [-0.05, 0) is 26.7 Å². The van der Waals surface area contributed by atoms with Gasteiger partial charge in [0.15, 0.2) is 0 Å². The topological polar surface area (TPSA) is 24.5 Å². The standard InChI is InChI=1S/C11H22N2O/c1-9-8-13(5-4-12-9)11-3-6-14-10(2)7-11/h9-12H,3-8H2,1-2H3/t9-,10+,11?/m1/s1. The Morgan fingerprint density at radius 1 is 1.36 bits per heavy atom. The molecule has 0 amide bonds. The number of hydrogen-bond donors (Lipinski definition) is 1.